The van der Waals surface area contributed by atoms with Gasteiger partial charge in [0, 0.05) is 6.54 Å². The Labute approximate surface area is 213 Å². The first-order chi connectivity index (χ1) is 17.7. The zero-order valence-electron chi connectivity index (χ0n) is 20.8. The number of benzene rings is 3. The SMILES string of the molecule is COc1ccc(CC2c3cc(OCc4ccccc4)c(OC)cc3CCN2C(=O)C(F)(F)F)cc1OC. The minimum Gasteiger partial charge on any atom is -0.493 e. The quantitative estimate of drug-likeness (QED) is 0.395. The van der Waals surface area contributed by atoms with Crippen LogP contribution in [0.5, 0.6) is 23.0 Å². The number of amides is 1. The number of hydrogen-bond donors (Lipinski definition) is 0. The number of carbonyl (C=O) groups excluding carboxylic acids is 1. The van der Waals surface area contributed by atoms with Crippen molar-refractivity contribution >= 4 is 5.91 Å². The van der Waals surface area contributed by atoms with Gasteiger partial charge in [0.15, 0.2) is 23.0 Å². The van der Waals surface area contributed by atoms with E-state index in [9.17, 15) is 18.0 Å². The first kappa shape index (κ1) is 26.2. The van der Waals surface area contributed by atoms with Crippen LogP contribution < -0.4 is 18.9 Å². The second kappa shape index (κ2) is 11.0. The van der Waals surface area contributed by atoms with E-state index in [0.717, 1.165) is 16.0 Å². The summed E-state index contributed by atoms with van der Waals surface area (Å²) in [5.41, 5.74) is 3.01. The average molecular weight is 516 g/mol. The third kappa shape index (κ3) is 5.76. The molecule has 1 aliphatic heterocycles. The molecule has 1 aliphatic rings. The van der Waals surface area contributed by atoms with Crippen molar-refractivity contribution in [2.75, 3.05) is 27.9 Å². The minimum absolute atomic E-state index is 0.0727. The van der Waals surface area contributed by atoms with Gasteiger partial charge in [-0.15, -0.1) is 0 Å². The van der Waals surface area contributed by atoms with Crippen LogP contribution in [0.1, 0.15) is 28.3 Å². The molecule has 9 heteroatoms. The van der Waals surface area contributed by atoms with Crippen molar-refractivity contribution in [3.63, 3.8) is 0 Å². The van der Waals surface area contributed by atoms with Crippen LogP contribution in [-0.4, -0.2) is 44.9 Å². The van der Waals surface area contributed by atoms with Crippen LogP contribution in [0.25, 0.3) is 0 Å². The van der Waals surface area contributed by atoms with Gasteiger partial charge in [0.1, 0.15) is 6.61 Å². The van der Waals surface area contributed by atoms with Gasteiger partial charge >= 0.3 is 12.1 Å². The summed E-state index contributed by atoms with van der Waals surface area (Å²) in [5.74, 6) is -0.0451. The molecule has 196 valence electrons. The van der Waals surface area contributed by atoms with E-state index in [1.807, 2.05) is 30.3 Å². The third-order valence-electron chi connectivity index (χ3n) is 6.40. The zero-order chi connectivity index (χ0) is 26.6. The molecule has 0 bridgehead atoms. The molecule has 1 heterocycles. The number of methoxy groups -OCH3 is 3. The smallest absolute Gasteiger partial charge is 0.471 e. The molecular weight excluding hydrogens is 487 g/mol. The van der Waals surface area contributed by atoms with Crippen LogP contribution in [-0.2, 0) is 24.2 Å². The molecule has 0 aromatic heterocycles. The van der Waals surface area contributed by atoms with Gasteiger partial charge in [0.05, 0.1) is 27.4 Å². The third-order valence-corrected chi connectivity index (χ3v) is 6.40. The zero-order valence-corrected chi connectivity index (χ0v) is 20.8. The van der Waals surface area contributed by atoms with Crippen molar-refractivity contribution in [3.05, 3.63) is 82.9 Å². The topological polar surface area (TPSA) is 57.2 Å². The maximum atomic E-state index is 13.6. The van der Waals surface area contributed by atoms with Crippen molar-refractivity contribution < 1.29 is 36.9 Å². The minimum atomic E-state index is -4.99. The van der Waals surface area contributed by atoms with Crippen molar-refractivity contribution in [1.82, 2.24) is 4.90 Å². The molecule has 0 aliphatic carbocycles. The van der Waals surface area contributed by atoms with Crippen LogP contribution in [0.3, 0.4) is 0 Å². The van der Waals surface area contributed by atoms with Gasteiger partial charge in [-0.25, -0.2) is 0 Å². The molecule has 0 fully saturated rings. The summed E-state index contributed by atoms with van der Waals surface area (Å²) in [6.45, 7) is 0.179. The molecule has 0 radical (unpaired) electrons. The maximum Gasteiger partial charge on any atom is 0.471 e. The molecule has 6 nitrogen and oxygen atoms in total. The number of ether oxygens (including phenoxy) is 4. The Morgan fingerprint density at radius 1 is 0.865 bits per heavy atom. The fraction of sp³-hybridized carbons (Fsp3) is 0.321. The van der Waals surface area contributed by atoms with E-state index in [4.69, 9.17) is 18.9 Å². The normalized spacial score (nSPS) is 15.1. The lowest BCUT2D eigenvalue weighted by Gasteiger charge is -2.38. The van der Waals surface area contributed by atoms with Crippen molar-refractivity contribution in [2.45, 2.75) is 31.7 Å². The Balaban J connectivity index is 1.74. The van der Waals surface area contributed by atoms with Crippen LogP contribution in [0, 0.1) is 0 Å². The van der Waals surface area contributed by atoms with E-state index in [2.05, 4.69) is 0 Å². The van der Waals surface area contributed by atoms with Crippen molar-refractivity contribution in [2.24, 2.45) is 0 Å². The number of nitrogens with zero attached hydrogens (tertiary/aromatic N) is 1. The highest BCUT2D eigenvalue weighted by molar-refractivity contribution is 5.82. The second-order valence-corrected chi connectivity index (χ2v) is 8.63. The molecule has 37 heavy (non-hydrogen) atoms. The maximum absolute atomic E-state index is 13.6. The summed E-state index contributed by atoms with van der Waals surface area (Å²) >= 11 is 0. The van der Waals surface area contributed by atoms with Gasteiger partial charge in [-0.3, -0.25) is 4.79 Å². The summed E-state index contributed by atoms with van der Waals surface area (Å²) in [5, 5.41) is 0. The van der Waals surface area contributed by atoms with Gasteiger partial charge in [-0.05, 0) is 59.4 Å². The van der Waals surface area contributed by atoms with Gasteiger partial charge in [0.25, 0.3) is 0 Å². The monoisotopic (exact) mass is 515 g/mol. The Bertz CT molecular complexity index is 1250. The van der Waals surface area contributed by atoms with E-state index in [0.29, 0.717) is 34.1 Å². The number of hydrogen-bond acceptors (Lipinski definition) is 5. The second-order valence-electron chi connectivity index (χ2n) is 8.63. The number of rotatable bonds is 8. The molecule has 4 rings (SSSR count). The lowest BCUT2D eigenvalue weighted by Crippen LogP contribution is -2.47. The summed E-state index contributed by atoms with van der Waals surface area (Å²) in [6.07, 6.45) is -4.60. The first-order valence-electron chi connectivity index (χ1n) is 11.7. The molecule has 1 unspecified atom stereocenters. The lowest BCUT2D eigenvalue weighted by molar-refractivity contribution is -0.188. The predicted molar refractivity (Wildman–Crippen MR) is 131 cm³/mol. The highest BCUT2D eigenvalue weighted by atomic mass is 19.4. The average Bonchev–Trinajstić information content (AvgIpc) is 2.91. The van der Waals surface area contributed by atoms with E-state index in [-0.39, 0.29) is 26.0 Å². The van der Waals surface area contributed by atoms with Gasteiger partial charge in [-0.1, -0.05) is 36.4 Å². The largest absolute Gasteiger partial charge is 0.493 e. The summed E-state index contributed by atoms with van der Waals surface area (Å²) in [6, 6.07) is 17.3. The fourth-order valence-corrected chi connectivity index (χ4v) is 4.57. The lowest BCUT2D eigenvalue weighted by atomic mass is 9.88. The van der Waals surface area contributed by atoms with Gasteiger partial charge < -0.3 is 23.8 Å². The highest BCUT2D eigenvalue weighted by Gasteiger charge is 2.46. The summed E-state index contributed by atoms with van der Waals surface area (Å²) in [7, 11) is 4.50. The molecule has 1 atom stereocenters. The highest BCUT2D eigenvalue weighted by Crippen LogP contribution is 2.42. The molecule has 3 aromatic rings. The van der Waals surface area contributed by atoms with E-state index >= 15 is 0 Å². The Morgan fingerprint density at radius 2 is 1.54 bits per heavy atom. The van der Waals surface area contributed by atoms with Crippen LogP contribution in [0.4, 0.5) is 13.2 Å². The Morgan fingerprint density at radius 3 is 2.19 bits per heavy atom. The summed E-state index contributed by atoms with van der Waals surface area (Å²) in [4.78, 5) is 13.4. The number of fused-ring (bicyclic) bond motifs is 1. The molecular formula is C28H28F3NO5. The molecule has 3 aromatic carbocycles. The van der Waals surface area contributed by atoms with Gasteiger partial charge in [-0.2, -0.15) is 13.2 Å². The van der Waals surface area contributed by atoms with Crippen LogP contribution in [0.2, 0.25) is 0 Å². The Kier molecular flexibility index (Phi) is 7.80. The standard InChI is InChI=1S/C28H28F3NO5/c1-34-23-10-9-19(14-24(23)35-2)13-22-21-16-26(37-17-18-7-5-4-6-8-18)25(36-3)15-20(21)11-12-32(22)27(33)28(29,30)31/h4-10,14-16,22H,11-13,17H2,1-3H3. The van der Waals surface area contributed by atoms with Crippen LogP contribution in [0.15, 0.2) is 60.7 Å². The molecule has 0 N–H and O–H groups in total. The predicted octanol–water partition coefficient (Wildman–Crippen LogP) is 5.52. The molecule has 0 spiro atoms. The first-order valence-corrected chi connectivity index (χ1v) is 11.7. The molecule has 0 saturated heterocycles. The van der Waals surface area contributed by atoms with Crippen LogP contribution >= 0.6 is 0 Å². The summed E-state index contributed by atoms with van der Waals surface area (Å²) < 4.78 is 62.9. The number of halogens is 3. The van der Waals surface area contributed by atoms with Crippen molar-refractivity contribution in [3.8, 4) is 23.0 Å². The van der Waals surface area contributed by atoms with E-state index in [1.165, 1.54) is 21.3 Å². The van der Waals surface area contributed by atoms with E-state index < -0.39 is 18.1 Å². The number of alkyl halides is 3. The van der Waals surface area contributed by atoms with E-state index in [1.54, 1.807) is 30.3 Å². The number of carbonyl (C=O) groups is 1. The van der Waals surface area contributed by atoms with Gasteiger partial charge in [0.2, 0.25) is 0 Å². The van der Waals surface area contributed by atoms with Crippen molar-refractivity contribution in [1.29, 1.82) is 0 Å². The molecule has 1 amide bonds. The fourth-order valence-electron chi connectivity index (χ4n) is 4.57. The molecule has 0 saturated carbocycles. The Hall–Kier alpha value is -3.88.